The van der Waals surface area contributed by atoms with E-state index in [9.17, 15) is 0 Å². The van der Waals surface area contributed by atoms with Crippen LogP contribution in [0.2, 0.25) is 0 Å². The van der Waals surface area contributed by atoms with Gasteiger partial charge in [0.2, 0.25) is 0 Å². The smallest absolute Gasteiger partial charge is 0.191 e. The quantitative estimate of drug-likeness (QED) is 0.620. The number of aromatic nitrogens is 3. The molecule has 1 aromatic rings. The third-order valence-electron chi connectivity index (χ3n) is 5.46. The van der Waals surface area contributed by atoms with Gasteiger partial charge in [0.05, 0.1) is 6.54 Å². The molecule has 2 heterocycles. The van der Waals surface area contributed by atoms with Crippen molar-refractivity contribution in [3.05, 3.63) is 11.6 Å². The largest absolute Gasteiger partial charge is 0.356 e. The van der Waals surface area contributed by atoms with Crippen LogP contribution in [0.5, 0.6) is 0 Å². The van der Waals surface area contributed by atoms with Crippen LogP contribution in [0.3, 0.4) is 0 Å². The lowest BCUT2D eigenvalue weighted by Crippen LogP contribution is -2.43. The van der Waals surface area contributed by atoms with Crippen LogP contribution in [0.4, 0.5) is 0 Å². The maximum absolute atomic E-state index is 4.39. The molecule has 0 saturated heterocycles. The first-order valence-electron chi connectivity index (χ1n) is 9.47. The fourth-order valence-electron chi connectivity index (χ4n) is 4.44. The van der Waals surface area contributed by atoms with E-state index in [0.717, 1.165) is 43.0 Å². The van der Waals surface area contributed by atoms with Gasteiger partial charge in [0.1, 0.15) is 5.82 Å². The van der Waals surface area contributed by atoms with Crippen molar-refractivity contribution >= 4 is 5.96 Å². The van der Waals surface area contributed by atoms with Crippen LogP contribution in [0.1, 0.15) is 64.0 Å². The highest BCUT2D eigenvalue weighted by Crippen LogP contribution is 2.42. The number of nitrogens with zero attached hydrogens (tertiary/aromatic N) is 4. The number of hydrogen-bond acceptors (Lipinski definition) is 3. The Kier molecular flexibility index (Phi) is 5.41. The standard InChI is InChI=1S/C18H32N6/c1-14(2)11-18(8-4-5-9-18)13-21-17(19-3)20-12-16-23-22-15-7-6-10-24(15)16/h14H,4-13H2,1-3H3,(H2,19,20,21). The van der Waals surface area contributed by atoms with Crippen LogP contribution in [0, 0.1) is 11.3 Å². The first kappa shape index (κ1) is 17.2. The van der Waals surface area contributed by atoms with Crippen LogP contribution in [0.15, 0.2) is 4.99 Å². The van der Waals surface area contributed by atoms with Crippen molar-refractivity contribution < 1.29 is 0 Å². The summed E-state index contributed by atoms with van der Waals surface area (Å²) in [5, 5.41) is 15.5. The maximum Gasteiger partial charge on any atom is 0.191 e. The van der Waals surface area contributed by atoms with E-state index in [0.29, 0.717) is 12.0 Å². The zero-order valence-corrected chi connectivity index (χ0v) is 15.4. The van der Waals surface area contributed by atoms with Crippen LogP contribution in [-0.2, 0) is 19.5 Å². The minimum atomic E-state index is 0.446. The Hall–Kier alpha value is -1.59. The molecule has 0 radical (unpaired) electrons. The van der Waals surface area contributed by atoms with Gasteiger partial charge in [-0.15, -0.1) is 10.2 Å². The summed E-state index contributed by atoms with van der Waals surface area (Å²) in [6, 6.07) is 0. The molecule has 1 saturated carbocycles. The second-order valence-corrected chi connectivity index (χ2v) is 7.87. The Balaban J connectivity index is 1.53. The molecule has 24 heavy (non-hydrogen) atoms. The second kappa shape index (κ2) is 7.53. The number of hydrogen-bond donors (Lipinski definition) is 2. The number of guanidine groups is 1. The lowest BCUT2D eigenvalue weighted by Gasteiger charge is -2.31. The minimum Gasteiger partial charge on any atom is -0.356 e. The van der Waals surface area contributed by atoms with Gasteiger partial charge in [-0.1, -0.05) is 26.7 Å². The molecule has 6 nitrogen and oxygen atoms in total. The summed E-state index contributed by atoms with van der Waals surface area (Å²) >= 11 is 0. The van der Waals surface area contributed by atoms with E-state index in [-0.39, 0.29) is 0 Å². The Morgan fingerprint density at radius 3 is 2.71 bits per heavy atom. The zero-order chi connectivity index (χ0) is 17.0. The molecule has 1 aromatic heterocycles. The highest BCUT2D eigenvalue weighted by Gasteiger charge is 2.34. The molecule has 0 spiro atoms. The molecular formula is C18H32N6. The van der Waals surface area contributed by atoms with Crippen LogP contribution >= 0.6 is 0 Å². The SMILES string of the molecule is CN=C(NCc1nnc2n1CCC2)NCC1(CC(C)C)CCCC1. The van der Waals surface area contributed by atoms with Crippen molar-refractivity contribution in [3.63, 3.8) is 0 Å². The van der Waals surface area contributed by atoms with E-state index in [1.54, 1.807) is 0 Å². The van der Waals surface area contributed by atoms with Gasteiger partial charge in [0.25, 0.3) is 0 Å². The molecule has 134 valence electrons. The molecule has 1 aliphatic heterocycles. The Morgan fingerprint density at radius 2 is 2.00 bits per heavy atom. The lowest BCUT2D eigenvalue weighted by molar-refractivity contribution is 0.234. The summed E-state index contributed by atoms with van der Waals surface area (Å²) in [6.45, 7) is 7.41. The first-order chi connectivity index (χ1) is 11.6. The van der Waals surface area contributed by atoms with Crippen LogP contribution < -0.4 is 10.6 Å². The van der Waals surface area contributed by atoms with Gasteiger partial charge in [0, 0.05) is 26.6 Å². The Bertz CT molecular complexity index is 568. The number of aliphatic imine (C=N–C) groups is 1. The van der Waals surface area contributed by atoms with Gasteiger partial charge in [-0.25, -0.2) is 0 Å². The summed E-state index contributed by atoms with van der Waals surface area (Å²) in [5.41, 5.74) is 0.446. The molecule has 1 aliphatic carbocycles. The lowest BCUT2D eigenvalue weighted by atomic mass is 9.78. The number of nitrogens with one attached hydrogen (secondary N) is 2. The Labute approximate surface area is 145 Å². The van der Waals surface area contributed by atoms with E-state index in [4.69, 9.17) is 0 Å². The average molecular weight is 332 g/mol. The number of aryl methyl sites for hydroxylation is 1. The third kappa shape index (κ3) is 3.90. The molecule has 0 atom stereocenters. The zero-order valence-electron chi connectivity index (χ0n) is 15.4. The summed E-state index contributed by atoms with van der Waals surface area (Å²) in [7, 11) is 1.84. The van der Waals surface area contributed by atoms with Gasteiger partial charge < -0.3 is 15.2 Å². The number of rotatable bonds is 6. The molecular weight excluding hydrogens is 300 g/mol. The van der Waals surface area contributed by atoms with Crippen molar-refractivity contribution in [1.29, 1.82) is 0 Å². The Morgan fingerprint density at radius 1 is 1.21 bits per heavy atom. The van der Waals surface area contributed by atoms with Gasteiger partial charge >= 0.3 is 0 Å². The topological polar surface area (TPSA) is 67.1 Å². The molecule has 2 aliphatic rings. The monoisotopic (exact) mass is 332 g/mol. The third-order valence-corrected chi connectivity index (χ3v) is 5.46. The molecule has 0 unspecified atom stereocenters. The van der Waals surface area contributed by atoms with Crippen molar-refractivity contribution in [3.8, 4) is 0 Å². The molecule has 2 N–H and O–H groups in total. The second-order valence-electron chi connectivity index (χ2n) is 7.87. The highest BCUT2D eigenvalue weighted by molar-refractivity contribution is 5.79. The highest BCUT2D eigenvalue weighted by atomic mass is 15.3. The van der Waals surface area contributed by atoms with Crippen molar-refractivity contribution in [2.24, 2.45) is 16.3 Å². The molecule has 0 amide bonds. The van der Waals surface area contributed by atoms with Crippen molar-refractivity contribution in [2.45, 2.75) is 71.9 Å². The fourth-order valence-corrected chi connectivity index (χ4v) is 4.44. The van der Waals surface area contributed by atoms with Gasteiger partial charge in [-0.2, -0.15) is 0 Å². The van der Waals surface area contributed by atoms with E-state index in [2.05, 4.69) is 44.2 Å². The normalized spacial score (nSPS) is 19.8. The van der Waals surface area contributed by atoms with E-state index >= 15 is 0 Å². The number of fused-ring (bicyclic) bond motifs is 1. The predicted molar refractivity (Wildman–Crippen MR) is 96.9 cm³/mol. The van der Waals surface area contributed by atoms with Crippen molar-refractivity contribution in [1.82, 2.24) is 25.4 Å². The van der Waals surface area contributed by atoms with Gasteiger partial charge in [-0.05, 0) is 37.0 Å². The van der Waals surface area contributed by atoms with E-state index in [1.807, 2.05) is 7.05 Å². The summed E-state index contributed by atoms with van der Waals surface area (Å²) in [6.07, 6.45) is 8.95. The van der Waals surface area contributed by atoms with Crippen molar-refractivity contribution in [2.75, 3.05) is 13.6 Å². The summed E-state index contributed by atoms with van der Waals surface area (Å²) in [4.78, 5) is 4.39. The molecule has 0 bridgehead atoms. The first-order valence-corrected chi connectivity index (χ1v) is 9.47. The molecule has 0 aromatic carbocycles. The molecule has 3 rings (SSSR count). The fraction of sp³-hybridized carbons (Fsp3) is 0.833. The molecule has 6 heteroatoms. The summed E-state index contributed by atoms with van der Waals surface area (Å²) in [5.74, 6) is 3.76. The average Bonchev–Trinajstić information content (AvgIpc) is 3.25. The van der Waals surface area contributed by atoms with Crippen LogP contribution in [-0.4, -0.2) is 34.3 Å². The molecule has 1 fully saturated rings. The predicted octanol–water partition coefficient (Wildman–Crippen LogP) is 2.50. The van der Waals surface area contributed by atoms with Gasteiger partial charge in [-0.3, -0.25) is 4.99 Å². The maximum atomic E-state index is 4.39. The van der Waals surface area contributed by atoms with E-state index in [1.165, 1.54) is 38.5 Å². The minimum absolute atomic E-state index is 0.446. The van der Waals surface area contributed by atoms with Crippen LogP contribution in [0.25, 0.3) is 0 Å². The van der Waals surface area contributed by atoms with Gasteiger partial charge in [0.15, 0.2) is 11.8 Å². The van der Waals surface area contributed by atoms with E-state index < -0.39 is 0 Å². The summed E-state index contributed by atoms with van der Waals surface area (Å²) < 4.78 is 2.23.